The van der Waals surface area contributed by atoms with Crippen molar-refractivity contribution in [2.45, 2.75) is 11.4 Å². The molecule has 1 amide bonds. The minimum atomic E-state index is -3.65. The van der Waals surface area contributed by atoms with E-state index < -0.39 is 10.0 Å². The fourth-order valence-corrected chi connectivity index (χ4v) is 3.60. The summed E-state index contributed by atoms with van der Waals surface area (Å²) in [6, 6.07) is 21.8. The van der Waals surface area contributed by atoms with Crippen LogP contribution in [0, 0.1) is 0 Å². The molecule has 6 nitrogen and oxygen atoms in total. The highest BCUT2D eigenvalue weighted by Crippen LogP contribution is 2.17. The van der Waals surface area contributed by atoms with Crippen LogP contribution in [0.25, 0.3) is 0 Å². The fraction of sp³-hybridized carbons (Fsp3) is 0.0952. The van der Waals surface area contributed by atoms with Gasteiger partial charge in [0.1, 0.15) is 5.75 Å². The van der Waals surface area contributed by atoms with Gasteiger partial charge in [0.15, 0.2) is 6.61 Å². The van der Waals surface area contributed by atoms with E-state index in [1.54, 1.807) is 24.3 Å². The standard InChI is InChI=1S/C21H19ClN2O4S/c22-17-6-10-19(11-7-17)28-15-21(25)24-18-8-12-20(13-9-18)29(26,27)23-14-16-4-2-1-3-5-16/h1-13,23H,14-15H2,(H,24,25). The van der Waals surface area contributed by atoms with E-state index in [1.807, 2.05) is 30.3 Å². The number of amides is 1. The Labute approximate surface area is 174 Å². The van der Waals surface area contributed by atoms with Crippen LogP contribution in [0.5, 0.6) is 5.75 Å². The van der Waals surface area contributed by atoms with Crippen molar-refractivity contribution in [2.24, 2.45) is 0 Å². The van der Waals surface area contributed by atoms with E-state index in [0.717, 1.165) is 5.56 Å². The van der Waals surface area contributed by atoms with E-state index in [-0.39, 0.29) is 24.0 Å². The largest absolute Gasteiger partial charge is 0.484 e. The number of sulfonamides is 1. The molecule has 0 saturated heterocycles. The van der Waals surface area contributed by atoms with Crippen LogP contribution in [0.1, 0.15) is 5.56 Å². The number of ether oxygens (including phenoxy) is 1. The topological polar surface area (TPSA) is 84.5 Å². The minimum Gasteiger partial charge on any atom is -0.484 e. The number of rotatable bonds is 8. The maximum absolute atomic E-state index is 12.4. The first-order chi connectivity index (χ1) is 13.9. The maximum atomic E-state index is 12.4. The molecule has 0 aliphatic heterocycles. The number of anilines is 1. The van der Waals surface area contributed by atoms with Gasteiger partial charge >= 0.3 is 0 Å². The molecule has 150 valence electrons. The zero-order chi connectivity index (χ0) is 20.7. The van der Waals surface area contributed by atoms with Gasteiger partial charge in [-0.3, -0.25) is 4.79 Å². The van der Waals surface area contributed by atoms with Gasteiger partial charge in [0.05, 0.1) is 4.90 Å². The van der Waals surface area contributed by atoms with E-state index in [0.29, 0.717) is 16.5 Å². The van der Waals surface area contributed by atoms with Crippen molar-refractivity contribution in [3.63, 3.8) is 0 Å². The normalized spacial score (nSPS) is 11.1. The molecule has 0 saturated carbocycles. The first-order valence-corrected chi connectivity index (χ1v) is 10.6. The summed E-state index contributed by atoms with van der Waals surface area (Å²) in [6.07, 6.45) is 0. The van der Waals surface area contributed by atoms with E-state index in [2.05, 4.69) is 10.0 Å². The van der Waals surface area contributed by atoms with Gasteiger partial charge in [-0.25, -0.2) is 13.1 Å². The van der Waals surface area contributed by atoms with Crippen LogP contribution in [-0.4, -0.2) is 20.9 Å². The third kappa shape index (κ3) is 6.32. The molecule has 2 N–H and O–H groups in total. The Hall–Kier alpha value is -2.87. The first kappa shape index (κ1) is 20.9. The molecule has 8 heteroatoms. The second-order valence-corrected chi connectivity index (χ2v) is 8.33. The van der Waals surface area contributed by atoms with E-state index in [4.69, 9.17) is 16.3 Å². The van der Waals surface area contributed by atoms with Crippen molar-refractivity contribution in [1.29, 1.82) is 0 Å². The Morgan fingerprint density at radius 2 is 1.55 bits per heavy atom. The lowest BCUT2D eigenvalue weighted by Gasteiger charge is -2.09. The second-order valence-electron chi connectivity index (χ2n) is 6.13. The number of halogens is 1. The number of carbonyl (C=O) groups excluding carboxylic acids is 1. The first-order valence-electron chi connectivity index (χ1n) is 8.74. The quantitative estimate of drug-likeness (QED) is 0.568. The van der Waals surface area contributed by atoms with Gasteiger partial charge in [-0.1, -0.05) is 41.9 Å². The highest BCUT2D eigenvalue weighted by atomic mass is 35.5. The molecule has 29 heavy (non-hydrogen) atoms. The van der Waals surface area contributed by atoms with Gasteiger partial charge in [0.25, 0.3) is 5.91 Å². The fourth-order valence-electron chi connectivity index (χ4n) is 2.45. The highest BCUT2D eigenvalue weighted by molar-refractivity contribution is 7.89. The van der Waals surface area contributed by atoms with E-state index >= 15 is 0 Å². The summed E-state index contributed by atoms with van der Waals surface area (Å²) in [6.45, 7) is 0.0179. The predicted molar refractivity (Wildman–Crippen MR) is 112 cm³/mol. The lowest BCUT2D eigenvalue weighted by Crippen LogP contribution is -2.23. The molecular weight excluding hydrogens is 412 g/mol. The highest BCUT2D eigenvalue weighted by Gasteiger charge is 2.14. The lowest BCUT2D eigenvalue weighted by molar-refractivity contribution is -0.118. The van der Waals surface area contributed by atoms with Crippen molar-refractivity contribution >= 4 is 33.2 Å². The maximum Gasteiger partial charge on any atom is 0.262 e. The second kappa shape index (κ2) is 9.56. The molecule has 0 spiro atoms. The molecule has 0 aromatic heterocycles. The Morgan fingerprint density at radius 1 is 0.897 bits per heavy atom. The number of hydrogen-bond acceptors (Lipinski definition) is 4. The molecule has 3 rings (SSSR count). The summed E-state index contributed by atoms with van der Waals surface area (Å²) in [5, 5.41) is 3.23. The summed E-state index contributed by atoms with van der Waals surface area (Å²) in [5.41, 5.74) is 1.33. The van der Waals surface area contributed by atoms with Gasteiger partial charge in [0, 0.05) is 17.3 Å². The van der Waals surface area contributed by atoms with Crippen LogP contribution in [0.15, 0.2) is 83.8 Å². The van der Waals surface area contributed by atoms with Gasteiger partial charge in [-0.2, -0.15) is 0 Å². The molecular formula is C21H19ClN2O4S. The van der Waals surface area contributed by atoms with E-state index in [9.17, 15) is 13.2 Å². The molecule has 0 atom stereocenters. The van der Waals surface area contributed by atoms with Crippen molar-refractivity contribution in [1.82, 2.24) is 4.72 Å². The Morgan fingerprint density at radius 3 is 2.21 bits per heavy atom. The van der Waals surface area contributed by atoms with E-state index in [1.165, 1.54) is 24.3 Å². The number of carbonyl (C=O) groups is 1. The van der Waals surface area contributed by atoms with Gasteiger partial charge in [-0.05, 0) is 54.1 Å². The molecule has 0 radical (unpaired) electrons. The van der Waals surface area contributed by atoms with Gasteiger partial charge in [0.2, 0.25) is 10.0 Å². The monoisotopic (exact) mass is 430 g/mol. The molecule has 0 unspecified atom stereocenters. The SMILES string of the molecule is O=C(COc1ccc(Cl)cc1)Nc1ccc(S(=O)(=O)NCc2ccccc2)cc1. The lowest BCUT2D eigenvalue weighted by atomic mass is 10.2. The molecule has 0 aliphatic rings. The van der Waals surface area contributed by atoms with Gasteiger partial charge in [-0.15, -0.1) is 0 Å². The molecule has 0 aliphatic carbocycles. The average Bonchev–Trinajstić information content (AvgIpc) is 2.73. The zero-order valence-corrected chi connectivity index (χ0v) is 16.9. The third-order valence-corrected chi connectivity index (χ3v) is 5.61. The van der Waals surface area contributed by atoms with Crippen molar-refractivity contribution in [2.75, 3.05) is 11.9 Å². The van der Waals surface area contributed by atoms with Crippen LogP contribution in [0.2, 0.25) is 5.02 Å². The summed E-state index contributed by atoms with van der Waals surface area (Å²) in [5.74, 6) is 0.160. The van der Waals surface area contributed by atoms with Crippen molar-refractivity contribution in [3.8, 4) is 5.75 Å². The van der Waals surface area contributed by atoms with Crippen molar-refractivity contribution in [3.05, 3.63) is 89.4 Å². The minimum absolute atomic E-state index is 0.115. The number of benzene rings is 3. The molecule has 3 aromatic carbocycles. The van der Waals surface area contributed by atoms with Crippen LogP contribution in [-0.2, 0) is 21.4 Å². The summed E-state index contributed by atoms with van der Waals surface area (Å²) in [7, 11) is -3.65. The van der Waals surface area contributed by atoms with Crippen LogP contribution < -0.4 is 14.8 Å². The Bertz CT molecular complexity index is 1050. The van der Waals surface area contributed by atoms with Crippen LogP contribution >= 0.6 is 11.6 Å². The summed E-state index contributed by atoms with van der Waals surface area (Å²) < 4.78 is 32.7. The van der Waals surface area contributed by atoms with Crippen LogP contribution in [0.3, 0.4) is 0 Å². The van der Waals surface area contributed by atoms with Crippen LogP contribution in [0.4, 0.5) is 5.69 Å². The Balaban J connectivity index is 1.53. The zero-order valence-electron chi connectivity index (χ0n) is 15.3. The number of hydrogen-bond donors (Lipinski definition) is 2. The van der Waals surface area contributed by atoms with Crippen molar-refractivity contribution < 1.29 is 17.9 Å². The molecule has 3 aromatic rings. The molecule has 0 fully saturated rings. The Kier molecular flexibility index (Phi) is 6.87. The average molecular weight is 431 g/mol. The van der Waals surface area contributed by atoms with Gasteiger partial charge < -0.3 is 10.1 Å². The third-order valence-electron chi connectivity index (χ3n) is 3.94. The smallest absolute Gasteiger partial charge is 0.262 e. The number of nitrogens with one attached hydrogen (secondary N) is 2. The predicted octanol–water partition coefficient (Wildman–Crippen LogP) is 3.84. The summed E-state index contributed by atoms with van der Waals surface area (Å²) in [4.78, 5) is 12.1. The molecule has 0 heterocycles. The molecule has 0 bridgehead atoms. The summed E-state index contributed by atoms with van der Waals surface area (Å²) >= 11 is 5.80.